The monoisotopic (exact) mass is 354 g/mol. The van der Waals surface area contributed by atoms with Gasteiger partial charge in [0.15, 0.2) is 12.2 Å². The molecule has 0 unspecified atom stereocenters. The van der Waals surface area contributed by atoms with Crippen molar-refractivity contribution in [1.29, 1.82) is 0 Å². The zero-order valence-electron chi connectivity index (χ0n) is 14.1. The number of ether oxygens (including phenoxy) is 3. The maximum Gasteiger partial charge on any atom is 0.303 e. The van der Waals surface area contributed by atoms with Gasteiger partial charge in [0.2, 0.25) is 0 Å². The summed E-state index contributed by atoms with van der Waals surface area (Å²) in [7, 11) is 0. The Kier molecular flexibility index (Phi) is 6.26. The van der Waals surface area contributed by atoms with E-state index in [1.807, 2.05) is 31.2 Å². The first kappa shape index (κ1) is 18.8. The molecule has 6 nitrogen and oxygen atoms in total. The number of thioether (sulfide) groups is 1. The molecule has 1 aliphatic heterocycles. The highest BCUT2D eigenvalue weighted by Gasteiger charge is 2.47. The van der Waals surface area contributed by atoms with Crippen LogP contribution in [0.15, 0.2) is 29.2 Å². The summed E-state index contributed by atoms with van der Waals surface area (Å²) in [5.41, 5.74) is 0.525. The lowest BCUT2D eigenvalue weighted by Crippen LogP contribution is -2.58. The number of hydrogen-bond acceptors (Lipinski definition) is 7. The molecular formula is C17H22O6S. The lowest BCUT2D eigenvalue weighted by molar-refractivity contribution is -0.219. The van der Waals surface area contributed by atoms with Gasteiger partial charge in [-0.25, -0.2) is 0 Å². The topological polar surface area (TPSA) is 82.1 Å². The molecule has 1 heterocycles. The van der Waals surface area contributed by atoms with Crippen molar-refractivity contribution in [3.8, 4) is 0 Å². The van der Waals surface area contributed by atoms with Crippen LogP contribution in [-0.4, -0.2) is 46.9 Å². The number of aliphatic hydroxyl groups is 1. The number of benzene rings is 1. The standard InChI is InChI=1S/C17H22O6S/c1-9-5-7-13(8-6-9)24-17-16(23-12(4)19)14(20)15(10(2)21-17)22-11(3)18/h5-8,10,14-17,20H,1-4H3/t10-,14+,15-,16+,17-/m0/s1. The van der Waals surface area contributed by atoms with E-state index in [1.165, 1.54) is 25.6 Å². The molecule has 7 heteroatoms. The Morgan fingerprint density at radius 3 is 2.17 bits per heavy atom. The minimum absolute atomic E-state index is 0.527. The SMILES string of the molecule is CC(=O)O[C@@H]1[C@@H](O)[C@@H](OC(C)=O)[C@H](Sc2ccc(C)cc2)O[C@H]1C. The molecule has 0 radical (unpaired) electrons. The van der Waals surface area contributed by atoms with Crippen molar-refractivity contribution in [2.24, 2.45) is 0 Å². The van der Waals surface area contributed by atoms with Gasteiger partial charge < -0.3 is 19.3 Å². The number of esters is 2. The van der Waals surface area contributed by atoms with Crippen molar-refractivity contribution in [3.05, 3.63) is 29.8 Å². The maximum atomic E-state index is 11.4. The van der Waals surface area contributed by atoms with Gasteiger partial charge in [-0.15, -0.1) is 0 Å². The van der Waals surface area contributed by atoms with Crippen LogP contribution in [-0.2, 0) is 23.8 Å². The van der Waals surface area contributed by atoms with E-state index in [-0.39, 0.29) is 0 Å². The molecule has 1 aromatic carbocycles. The van der Waals surface area contributed by atoms with Crippen molar-refractivity contribution in [3.63, 3.8) is 0 Å². The zero-order chi connectivity index (χ0) is 17.9. The van der Waals surface area contributed by atoms with Crippen LogP contribution in [0.3, 0.4) is 0 Å². The highest BCUT2D eigenvalue weighted by molar-refractivity contribution is 7.99. The second-order valence-electron chi connectivity index (χ2n) is 5.78. The minimum Gasteiger partial charge on any atom is -0.457 e. The summed E-state index contributed by atoms with van der Waals surface area (Å²) >= 11 is 1.35. The van der Waals surface area contributed by atoms with Crippen LogP contribution < -0.4 is 0 Å². The number of carbonyl (C=O) groups excluding carboxylic acids is 2. The molecule has 5 atom stereocenters. The second kappa shape index (κ2) is 8.00. The summed E-state index contributed by atoms with van der Waals surface area (Å²) in [4.78, 5) is 23.6. The molecule has 0 aliphatic carbocycles. The summed E-state index contributed by atoms with van der Waals surface area (Å²) in [5.74, 6) is -1.06. The summed E-state index contributed by atoms with van der Waals surface area (Å²) in [6.45, 7) is 6.22. The number of carbonyl (C=O) groups is 2. The van der Waals surface area contributed by atoms with E-state index in [1.54, 1.807) is 6.92 Å². The van der Waals surface area contributed by atoms with E-state index in [4.69, 9.17) is 14.2 Å². The first-order chi connectivity index (χ1) is 11.3. The first-order valence-corrected chi connectivity index (χ1v) is 8.57. The predicted molar refractivity (Wildman–Crippen MR) is 88.5 cm³/mol. The fourth-order valence-electron chi connectivity index (χ4n) is 2.51. The molecule has 132 valence electrons. The molecule has 2 rings (SSSR count). The van der Waals surface area contributed by atoms with Crippen molar-refractivity contribution in [1.82, 2.24) is 0 Å². The fraction of sp³-hybridized carbons (Fsp3) is 0.529. The van der Waals surface area contributed by atoms with E-state index in [0.717, 1.165) is 10.5 Å². The smallest absolute Gasteiger partial charge is 0.303 e. The third-order valence-corrected chi connectivity index (χ3v) is 4.79. The van der Waals surface area contributed by atoms with Gasteiger partial charge in [0, 0.05) is 18.7 Å². The normalized spacial score (nSPS) is 29.8. The van der Waals surface area contributed by atoms with Crippen LogP contribution in [0, 0.1) is 6.92 Å². The van der Waals surface area contributed by atoms with E-state index >= 15 is 0 Å². The number of hydrogen-bond donors (Lipinski definition) is 1. The molecule has 0 spiro atoms. The summed E-state index contributed by atoms with van der Waals surface area (Å²) in [5, 5.41) is 10.5. The number of aryl methyl sites for hydroxylation is 1. The highest BCUT2D eigenvalue weighted by atomic mass is 32.2. The predicted octanol–water partition coefficient (Wildman–Crippen LogP) is 2.06. The van der Waals surface area contributed by atoms with Crippen LogP contribution in [0.25, 0.3) is 0 Å². The van der Waals surface area contributed by atoms with Gasteiger partial charge in [0.05, 0.1) is 6.10 Å². The van der Waals surface area contributed by atoms with Crippen LogP contribution >= 0.6 is 11.8 Å². The van der Waals surface area contributed by atoms with Crippen molar-refractivity contribution < 1.29 is 28.9 Å². The summed E-state index contributed by atoms with van der Waals surface area (Å²) < 4.78 is 16.2. The molecule has 24 heavy (non-hydrogen) atoms. The molecule has 0 saturated carbocycles. The Morgan fingerprint density at radius 2 is 1.62 bits per heavy atom. The largest absolute Gasteiger partial charge is 0.457 e. The van der Waals surface area contributed by atoms with Crippen LogP contribution in [0.1, 0.15) is 26.3 Å². The lowest BCUT2D eigenvalue weighted by atomic mass is 10.0. The van der Waals surface area contributed by atoms with E-state index in [9.17, 15) is 14.7 Å². The van der Waals surface area contributed by atoms with E-state index in [2.05, 4.69) is 0 Å². The molecule has 1 saturated heterocycles. The Bertz CT molecular complexity index is 587. The third kappa shape index (κ3) is 4.72. The highest BCUT2D eigenvalue weighted by Crippen LogP contribution is 2.35. The molecule has 0 bridgehead atoms. The van der Waals surface area contributed by atoms with Gasteiger partial charge >= 0.3 is 11.9 Å². The zero-order valence-corrected chi connectivity index (χ0v) is 14.9. The van der Waals surface area contributed by atoms with Gasteiger partial charge in [-0.3, -0.25) is 9.59 Å². The third-order valence-electron chi connectivity index (χ3n) is 3.63. The number of rotatable bonds is 4. The maximum absolute atomic E-state index is 11.4. The Hall–Kier alpha value is -1.57. The van der Waals surface area contributed by atoms with E-state index in [0.29, 0.717) is 0 Å². The average Bonchev–Trinajstić information content (AvgIpc) is 2.49. The van der Waals surface area contributed by atoms with Gasteiger partial charge in [-0.2, -0.15) is 0 Å². The van der Waals surface area contributed by atoms with Crippen LogP contribution in [0.5, 0.6) is 0 Å². The Labute approximate surface area is 145 Å². The van der Waals surface area contributed by atoms with Crippen molar-refractivity contribution in [2.45, 2.75) is 62.4 Å². The second-order valence-corrected chi connectivity index (χ2v) is 6.95. The summed E-state index contributed by atoms with van der Waals surface area (Å²) in [6.07, 6.45) is -3.51. The quantitative estimate of drug-likeness (QED) is 0.829. The molecule has 1 N–H and O–H groups in total. The minimum atomic E-state index is -1.16. The van der Waals surface area contributed by atoms with Gasteiger partial charge in [-0.05, 0) is 26.0 Å². The molecule has 1 aliphatic rings. The Morgan fingerprint density at radius 1 is 1.08 bits per heavy atom. The molecule has 1 fully saturated rings. The van der Waals surface area contributed by atoms with Crippen LogP contribution in [0.4, 0.5) is 0 Å². The average molecular weight is 354 g/mol. The molecule has 0 aromatic heterocycles. The van der Waals surface area contributed by atoms with Gasteiger partial charge in [0.25, 0.3) is 0 Å². The van der Waals surface area contributed by atoms with Gasteiger partial charge in [0.1, 0.15) is 11.5 Å². The van der Waals surface area contributed by atoms with Crippen molar-refractivity contribution in [2.75, 3.05) is 0 Å². The molecular weight excluding hydrogens is 332 g/mol. The molecule has 0 amide bonds. The molecule has 1 aromatic rings. The first-order valence-electron chi connectivity index (χ1n) is 7.69. The lowest BCUT2D eigenvalue weighted by Gasteiger charge is -2.42. The Balaban J connectivity index is 2.20. The summed E-state index contributed by atoms with van der Waals surface area (Å²) in [6, 6.07) is 7.80. The van der Waals surface area contributed by atoms with Crippen molar-refractivity contribution >= 4 is 23.7 Å². The van der Waals surface area contributed by atoms with Crippen LogP contribution in [0.2, 0.25) is 0 Å². The fourth-order valence-corrected chi connectivity index (χ4v) is 3.65. The number of aliphatic hydroxyl groups excluding tert-OH is 1. The van der Waals surface area contributed by atoms with E-state index < -0.39 is 41.8 Å². The van der Waals surface area contributed by atoms with Gasteiger partial charge in [-0.1, -0.05) is 29.5 Å².